The number of aromatic nitrogens is 1. The Hall–Kier alpha value is -1.83. The topological polar surface area (TPSA) is 38.9 Å². The Labute approximate surface area is 96.1 Å². The highest BCUT2D eigenvalue weighted by molar-refractivity contribution is 5.65. The maximum Gasteiger partial charge on any atom is 0.123 e. The molecule has 0 saturated heterocycles. The van der Waals surface area contributed by atoms with Crippen LogP contribution in [0.5, 0.6) is 0 Å². The van der Waals surface area contributed by atoms with Crippen molar-refractivity contribution >= 4 is 5.82 Å². The fourth-order valence-corrected chi connectivity index (χ4v) is 1.78. The maximum absolute atomic E-state index is 5.66. The Kier molecular flexibility index (Phi) is 3.20. The monoisotopic (exact) mass is 212 g/mol. The van der Waals surface area contributed by atoms with Crippen molar-refractivity contribution in [2.45, 2.75) is 19.8 Å². The highest BCUT2D eigenvalue weighted by Gasteiger charge is 1.98. The van der Waals surface area contributed by atoms with Crippen LogP contribution in [0.15, 0.2) is 42.6 Å². The average Bonchev–Trinajstić information content (AvgIpc) is 2.30. The molecule has 0 atom stereocenters. The molecule has 0 radical (unpaired) electrons. The van der Waals surface area contributed by atoms with Crippen molar-refractivity contribution in [3.8, 4) is 11.1 Å². The molecule has 16 heavy (non-hydrogen) atoms. The summed E-state index contributed by atoms with van der Waals surface area (Å²) in [4.78, 5) is 3.99. The maximum atomic E-state index is 5.66. The largest absolute Gasteiger partial charge is 0.384 e. The second-order valence-corrected chi connectivity index (χ2v) is 3.92. The molecule has 0 spiro atoms. The molecule has 1 aromatic carbocycles. The summed E-state index contributed by atoms with van der Waals surface area (Å²) in [6, 6.07) is 12.5. The van der Waals surface area contributed by atoms with Gasteiger partial charge in [-0.3, -0.25) is 0 Å². The Balaban J connectivity index is 2.27. The third-order valence-electron chi connectivity index (χ3n) is 2.61. The van der Waals surface area contributed by atoms with E-state index >= 15 is 0 Å². The molecule has 0 amide bonds. The highest BCUT2D eigenvalue weighted by Crippen LogP contribution is 2.20. The van der Waals surface area contributed by atoms with E-state index in [9.17, 15) is 0 Å². The van der Waals surface area contributed by atoms with Gasteiger partial charge >= 0.3 is 0 Å². The summed E-state index contributed by atoms with van der Waals surface area (Å²) in [5.74, 6) is 0.565. The van der Waals surface area contributed by atoms with Crippen LogP contribution in [0.3, 0.4) is 0 Å². The minimum Gasteiger partial charge on any atom is -0.384 e. The van der Waals surface area contributed by atoms with Crippen molar-refractivity contribution < 1.29 is 0 Å². The molecule has 2 nitrogen and oxygen atoms in total. The Morgan fingerprint density at radius 1 is 1.06 bits per heavy atom. The van der Waals surface area contributed by atoms with E-state index in [1.165, 1.54) is 17.5 Å². The quantitative estimate of drug-likeness (QED) is 0.848. The van der Waals surface area contributed by atoms with E-state index in [1.54, 1.807) is 6.20 Å². The lowest BCUT2D eigenvalue weighted by Gasteiger charge is -2.04. The van der Waals surface area contributed by atoms with E-state index in [0.29, 0.717) is 5.82 Å². The lowest BCUT2D eigenvalue weighted by atomic mass is 10.0. The standard InChI is InChI=1S/C14H16N2/c1-2-3-11-4-6-12(7-5-11)13-8-9-16-14(15)10-13/h4-10H,2-3H2,1H3,(H2,15,16). The molecule has 0 aliphatic heterocycles. The molecule has 0 saturated carbocycles. The minimum atomic E-state index is 0.565. The zero-order valence-electron chi connectivity index (χ0n) is 9.48. The number of nitrogen functional groups attached to an aromatic ring is 1. The third kappa shape index (κ3) is 2.40. The van der Waals surface area contributed by atoms with Crippen LogP contribution in [0.1, 0.15) is 18.9 Å². The van der Waals surface area contributed by atoms with Crippen molar-refractivity contribution in [2.24, 2.45) is 0 Å². The fraction of sp³-hybridized carbons (Fsp3) is 0.214. The molecule has 0 fully saturated rings. The number of benzene rings is 1. The van der Waals surface area contributed by atoms with Gasteiger partial charge in [-0.25, -0.2) is 4.98 Å². The molecule has 2 N–H and O–H groups in total. The van der Waals surface area contributed by atoms with Crippen LogP contribution in [-0.2, 0) is 6.42 Å². The first-order valence-electron chi connectivity index (χ1n) is 5.60. The molecule has 2 heteroatoms. The molecule has 1 aromatic heterocycles. The molecule has 82 valence electrons. The first kappa shape index (κ1) is 10.7. The van der Waals surface area contributed by atoms with Crippen LogP contribution in [0.4, 0.5) is 5.82 Å². The molecule has 0 unspecified atom stereocenters. The number of rotatable bonds is 3. The predicted octanol–water partition coefficient (Wildman–Crippen LogP) is 3.28. The summed E-state index contributed by atoms with van der Waals surface area (Å²) in [5, 5.41) is 0. The van der Waals surface area contributed by atoms with Crippen LogP contribution in [0.2, 0.25) is 0 Å². The predicted molar refractivity (Wildman–Crippen MR) is 68.1 cm³/mol. The molecule has 2 rings (SSSR count). The van der Waals surface area contributed by atoms with Gasteiger partial charge in [0.05, 0.1) is 0 Å². The lowest BCUT2D eigenvalue weighted by Crippen LogP contribution is -1.89. The summed E-state index contributed by atoms with van der Waals surface area (Å²) in [5.41, 5.74) is 9.35. The zero-order valence-corrected chi connectivity index (χ0v) is 9.48. The SMILES string of the molecule is CCCc1ccc(-c2ccnc(N)c2)cc1. The average molecular weight is 212 g/mol. The zero-order chi connectivity index (χ0) is 11.4. The molecular weight excluding hydrogens is 196 g/mol. The van der Waals surface area contributed by atoms with Gasteiger partial charge in [0.15, 0.2) is 0 Å². The Morgan fingerprint density at radius 2 is 1.81 bits per heavy atom. The van der Waals surface area contributed by atoms with Gasteiger partial charge in [0, 0.05) is 6.20 Å². The molecule has 0 aliphatic carbocycles. The van der Waals surface area contributed by atoms with E-state index in [0.717, 1.165) is 12.0 Å². The van der Waals surface area contributed by atoms with Crippen LogP contribution in [0.25, 0.3) is 11.1 Å². The third-order valence-corrected chi connectivity index (χ3v) is 2.61. The van der Waals surface area contributed by atoms with Gasteiger partial charge in [-0.2, -0.15) is 0 Å². The van der Waals surface area contributed by atoms with Gasteiger partial charge in [0.2, 0.25) is 0 Å². The highest BCUT2D eigenvalue weighted by atomic mass is 14.8. The van der Waals surface area contributed by atoms with Crippen LogP contribution in [-0.4, -0.2) is 4.98 Å². The number of nitrogens with two attached hydrogens (primary N) is 1. The number of hydrogen-bond acceptors (Lipinski definition) is 2. The van der Waals surface area contributed by atoms with Gasteiger partial charge < -0.3 is 5.73 Å². The van der Waals surface area contributed by atoms with Gasteiger partial charge in [-0.15, -0.1) is 0 Å². The van der Waals surface area contributed by atoms with Gasteiger partial charge in [0.1, 0.15) is 5.82 Å². The van der Waals surface area contributed by atoms with Crippen LogP contribution >= 0.6 is 0 Å². The van der Waals surface area contributed by atoms with E-state index < -0.39 is 0 Å². The Morgan fingerprint density at radius 3 is 2.44 bits per heavy atom. The number of aryl methyl sites for hydroxylation is 1. The normalized spacial score (nSPS) is 10.3. The van der Waals surface area contributed by atoms with E-state index in [-0.39, 0.29) is 0 Å². The second kappa shape index (κ2) is 4.79. The summed E-state index contributed by atoms with van der Waals surface area (Å²) in [7, 11) is 0. The Bertz CT molecular complexity index is 460. The van der Waals surface area contributed by atoms with Gasteiger partial charge in [0.25, 0.3) is 0 Å². The van der Waals surface area contributed by atoms with E-state index in [1.807, 2.05) is 12.1 Å². The molecular formula is C14H16N2. The number of pyridine rings is 1. The first-order valence-corrected chi connectivity index (χ1v) is 5.60. The van der Waals surface area contributed by atoms with E-state index in [2.05, 4.69) is 36.2 Å². The smallest absolute Gasteiger partial charge is 0.123 e. The number of anilines is 1. The van der Waals surface area contributed by atoms with Crippen molar-refractivity contribution in [1.82, 2.24) is 4.98 Å². The van der Waals surface area contributed by atoms with Crippen LogP contribution in [0, 0.1) is 0 Å². The summed E-state index contributed by atoms with van der Waals surface area (Å²) in [6.07, 6.45) is 4.06. The fourth-order valence-electron chi connectivity index (χ4n) is 1.78. The molecule has 0 bridgehead atoms. The van der Waals surface area contributed by atoms with Crippen molar-refractivity contribution in [3.63, 3.8) is 0 Å². The molecule has 0 aliphatic rings. The van der Waals surface area contributed by atoms with Crippen LogP contribution < -0.4 is 5.73 Å². The van der Waals surface area contributed by atoms with Gasteiger partial charge in [-0.1, -0.05) is 37.6 Å². The van der Waals surface area contributed by atoms with E-state index in [4.69, 9.17) is 5.73 Å². The van der Waals surface area contributed by atoms with Gasteiger partial charge in [-0.05, 0) is 35.2 Å². The minimum absolute atomic E-state index is 0.565. The molecule has 1 heterocycles. The summed E-state index contributed by atoms with van der Waals surface area (Å²) < 4.78 is 0. The van der Waals surface area contributed by atoms with Crippen molar-refractivity contribution in [3.05, 3.63) is 48.2 Å². The van der Waals surface area contributed by atoms with Crippen molar-refractivity contribution in [2.75, 3.05) is 5.73 Å². The number of hydrogen-bond donors (Lipinski definition) is 1. The second-order valence-electron chi connectivity index (χ2n) is 3.92. The summed E-state index contributed by atoms with van der Waals surface area (Å²) in [6.45, 7) is 2.19. The van der Waals surface area contributed by atoms with Crippen molar-refractivity contribution in [1.29, 1.82) is 0 Å². The summed E-state index contributed by atoms with van der Waals surface area (Å²) >= 11 is 0. The lowest BCUT2D eigenvalue weighted by molar-refractivity contribution is 0.922. The molecule has 2 aromatic rings. The number of nitrogens with zero attached hydrogens (tertiary/aromatic N) is 1. The first-order chi connectivity index (χ1) is 7.79.